The van der Waals surface area contributed by atoms with Crippen molar-refractivity contribution in [3.05, 3.63) is 52.5 Å². The van der Waals surface area contributed by atoms with Crippen molar-refractivity contribution in [3.8, 4) is 0 Å². The molecule has 102 valence electrons. The predicted molar refractivity (Wildman–Crippen MR) is 75.1 cm³/mol. The molecule has 0 amide bonds. The van der Waals surface area contributed by atoms with Crippen LogP contribution in [0, 0.1) is 0 Å². The maximum absolute atomic E-state index is 11.5. The van der Waals surface area contributed by atoms with Crippen LogP contribution in [0.25, 0.3) is 0 Å². The lowest BCUT2D eigenvalue weighted by atomic mass is 10.1. The molecule has 2 N–H and O–H groups in total. The predicted octanol–water partition coefficient (Wildman–Crippen LogP) is 1.68. The number of aromatic nitrogens is 3. The van der Waals surface area contributed by atoms with E-state index in [0.29, 0.717) is 0 Å². The van der Waals surface area contributed by atoms with E-state index in [0.717, 1.165) is 31.0 Å². The Labute approximate surface area is 112 Å². The summed E-state index contributed by atoms with van der Waals surface area (Å²) in [6.45, 7) is 5.93. The minimum atomic E-state index is -0.0876. The van der Waals surface area contributed by atoms with Gasteiger partial charge in [0, 0.05) is 30.7 Å². The summed E-state index contributed by atoms with van der Waals surface area (Å²) in [5.41, 5.74) is 0.761. The highest BCUT2D eigenvalue weighted by atomic mass is 16.1. The van der Waals surface area contributed by atoms with Crippen LogP contribution in [0.2, 0.25) is 0 Å². The highest BCUT2D eigenvalue weighted by Gasteiger charge is 2.18. The summed E-state index contributed by atoms with van der Waals surface area (Å²) in [7, 11) is 0. The van der Waals surface area contributed by atoms with Gasteiger partial charge in [-0.2, -0.15) is 0 Å². The molecule has 0 saturated heterocycles. The first kappa shape index (κ1) is 13.5. The van der Waals surface area contributed by atoms with Crippen LogP contribution >= 0.6 is 0 Å². The van der Waals surface area contributed by atoms with Gasteiger partial charge in [0.25, 0.3) is 0 Å². The van der Waals surface area contributed by atoms with Crippen molar-refractivity contribution in [1.82, 2.24) is 19.9 Å². The lowest BCUT2D eigenvalue weighted by molar-refractivity contribution is 0.531. The molecule has 0 bridgehead atoms. The van der Waals surface area contributed by atoms with Crippen molar-refractivity contribution in [3.63, 3.8) is 0 Å². The Morgan fingerprint density at radius 3 is 2.95 bits per heavy atom. The molecule has 0 fully saturated rings. The third-order valence-corrected chi connectivity index (χ3v) is 3.05. The molecular formula is C14H20N4O. The van der Waals surface area contributed by atoms with E-state index in [4.69, 9.17) is 0 Å². The highest BCUT2D eigenvalue weighted by Crippen LogP contribution is 2.18. The second-order valence-corrected chi connectivity index (χ2v) is 4.43. The molecule has 0 aliphatic heterocycles. The fourth-order valence-electron chi connectivity index (χ4n) is 2.11. The number of imidazole rings is 1. The number of hydrogen-bond donors (Lipinski definition) is 2. The first-order chi connectivity index (χ1) is 9.26. The fraction of sp³-hybridized carbons (Fsp3) is 0.429. The summed E-state index contributed by atoms with van der Waals surface area (Å²) < 4.78 is 2.08. The number of nitrogens with one attached hydrogen (secondary N) is 2. The number of nitrogens with zero attached hydrogens (tertiary/aromatic N) is 2. The van der Waals surface area contributed by atoms with Crippen molar-refractivity contribution in [2.45, 2.75) is 32.9 Å². The van der Waals surface area contributed by atoms with Crippen LogP contribution in [0.3, 0.4) is 0 Å². The quantitative estimate of drug-likeness (QED) is 0.830. The van der Waals surface area contributed by atoms with Gasteiger partial charge in [-0.15, -0.1) is 0 Å². The number of aryl methyl sites for hydroxylation is 1. The van der Waals surface area contributed by atoms with Gasteiger partial charge < -0.3 is 14.9 Å². The zero-order chi connectivity index (χ0) is 13.7. The molecule has 0 spiro atoms. The first-order valence-electron chi connectivity index (χ1n) is 6.70. The number of H-pyrrole nitrogens is 1. The Morgan fingerprint density at radius 1 is 1.42 bits per heavy atom. The van der Waals surface area contributed by atoms with Gasteiger partial charge in [0.1, 0.15) is 11.9 Å². The molecule has 0 saturated carbocycles. The van der Waals surface area contributed by atoms with Gasteiger partial charge in [-0.3, -0.25) is 4.79 Å². The highest BCUT2D eigenvalue weighted by molar-refractivity contribution is 5.18. The topological polar surface area (TPSA) is 62.7 Å². The van der Waals surface area contributed by atoms with Crippen molar-refractivity contribution >= 4 is 0 Å². The minimum Gasteiger partial charge on any atom is -0.334 e. The summed E-state index contributed by atoms with van der Waals surface area (Å²) in [5.74, 6) is 0.929. The molecule has 0 aliphatic carbocycles. The Morgan fingerprint density at radius 2 is 2.26 bits per heavy atom. The third kappa shape index (κ3) is 3.12. The molecule has 1 atom stereocenters. The molecule has 5 heteroatoms. The van der Waals surface area contributed by atoms with Crippen LogP contribution in [0.1, 0.15) is 37.8 Å². The first-order valence-corrected chi connectivity index (χ1v) is 6.70. The van der Waals surface area contributed by atoms with Crippen molar-refractivity contribution < 1.29 is 0 Å². The maximum Gasteiger partial charge on any atom is 0.248 e. The van der Waals surface area contributed by atoms with Crippen LogP contribution < -0.4 is 10.9 Å². The number of hydrogen-bond acceptors (Lipinski definition) is 3. The summed E-state index contributed by atoms with van der Waals surface area (Å²) in [4.78, 5) is 18.8. The zero-order valence-corrected chi connectivity index (χ0v) is 11.4. The van der Waals surface area contributed by atoms with E-state index < -0.39 is 0 Å². The van der Waals surface area contributed by atoms with Gasteiger partial charge in [0.15, 0.2) is 0 Å². The Bertz CT molecular complexity index is 573. The molecule has 5 nitrogen and oxygen atoms in total. The van der Waals surface area contributed by atoms with Crippen molar-refractivity contribution in [1.29, 1.82) is 0 Å². The second-order valence-electron chi connectivity index (χ2n) is 4.43. The van der Waals surface area contributed by atoms with E-state index in [-0.39, 0.29) is 11.6 Å². The molecule has 2 aromatic heterocycles. The molecule has 2 aromatic rings. The molecule has 0 aromatic carbocycles. The lowest BCUT2D eigenvalue weighted by Crippen LogP contribution is -2.28. The average molecular weight is 260 g/mol. The molecule has 2 rings (SSSR count). The summed E-state index contributed by atoms with van der Waals surface area (Å²) in [6.07, 6.45) is 4.78. The van der Waals surface area contributed by atoms with Crippen LogP contribution in [0.15, 0.2) is 35.4 Å². The van der Waals surface area contributed by atoms with Crippen molar-refractivity contribution in [2.24, 2.45) is 0 Å². The summed E-state index contributed by atoms with van der Waals surface area (Å²) >= 11 is 0. The Hall–Kier alpha value is -1.88. The smallest absolute Gasteiger partial charge is 0.248 e. The van der Waals surface area contributed by atoms with Gasteiger partial charge in [-0.25, -0.2) is 4.98 Å². The number of rotatable bonds is 6. The average Bonchev–Trinajstić information content (AvgIpc) is 2.88. The van der Waals surface area contributed by atoms with Crippen LogP contribution in [-0.2, 0) is 6.54 Å². The van der Waals surface area contributed by atoms with E-state index >= 15 is 0 Å². The normalized spacial score (nSPS) is 12.5. The number of pyridine rings is 1. The SMILES string of the molecule is CCCNC(c1cccc(=O)[nH]1)c1nccn1CC. The molecule has 2 heterocycles. The third-order valence-electron chi connectivity index (χ3n) is 3.05. The Balaban J connectivity index is 2.38. The number of aromatic amines is 1. The van der Waals surface area contributed by atoms with Gasteiger partial charge in [-0.1, -0.05) is 13.0 Å². The zero-order valence-electron chi connectivity index (χ0n) is 11.4. The van der Waals surface area contributed by atoms with E-state index in [2.05, 4.69) is 33.7 Å². The molecule has 0 radical (unpaired) electrons. The monoisotopic (exact) mass is 260 g/mol. The standard InChI is InChI=1S/C14H20N4O/c1-3-8-15-13(11-6-5-7-12(19)17-11)14-16-9-10-18(14)4-2/h5-7,9-10,13,15H,3-4,8H2,1-2H3,(H,17,19). The van der Waals surface area contributed by atoms with Gasteiger partial charge in [0.05, 0.1) is 0 Å². The maximum atomic E-state index is 11.5. The van der Waals surface area contributed by atoms with E-state index in [1.165, 1.54) is 6.07 Å². The van der Waals surface area contributed by atoms with E-state index in [9.17, 15) is 4.79 Å². The van der Waals surface area contributed by atoms with E-state index in [1.807, 2.05) is 12.3 Å². The molecule has 0 aliphatic rings. The summed E-state index contributed by atoms with van der Waals surface area (Å²) in [5, 5.41) is 3.44. The van der Waals surface area contributed by atoms with Gasteiger partial charge in [0.2, 0.25) is 5.56 Å². The second kappa shape index (κ2) is 6.33. The van der Waals surface area contributed by atoms with Gasteiger partial charge >= 0.3 is 0 Å². The lowest BCUT2D eigenvalue weighted by Gasteiger charge is -2.19. The van der Waals surface area contributed by atoms with Crippen LogP contribution in [0.4, 0.5) is 0 Å². The van der Waals surface area contributed by atoms with Gasteiger partial charge in [-0.05, 0) is 26.0 Å². The van der Waals surface area contributed by atoms with E-state index in [1.54, 1.807) is 12.3 Å². The Kier molecular flexibility index (Phi) is 4.52. The largest absolute Gasteiger partial charge is 0.334 e. The fourth-order valence-corrected chi connectivity index (χ4v) is 2.11. The minimum absolute atomic E-state index is 0.0798. The summed E-state index contributed by atoms with van der Waals surface area (Å²) in [6, 6.07) is 5.13. The van der Waals surface area contributed by atoms with Crippen LogP contribution in [0.5, 0.6) is 0 Å². The van der Waals surface area contributed by atoms with Crippen LogP contribution in [-0.4, -0.2) is 21.1 Å². The molecular weight excluding hydrogens is 240 g/mol. The molecule has 1 unspecified atom stereocenters. The van der Waals surface area contributed by atoms with Crippen molar-refractivity contribution in [2.75, 3.05) is 6.54 Å². The molecule has 19 heavy (non-hydrogen) atoms.